The molecule has 1 saturated heterocycles. The molecule has 17 heavy (non-hydrogen) atoms. The van der Waals surface area contributed by atoms with Crippen LogP contribution in [0.25, 0.3) is 0 Å². The Morgan fingerprint density at radius 2 is 2.41 bits per heavy atom. The molecule has 98 valence electrons. The number of piperidine rings is 1. The minimum Gasteiger partial charge on any atom is -0.411 e. The zero-order chi connectivity index (χ0) is 12.7. The van der Waals surface area contributed by atoms with Crippen LogP contribution in [-0.4, -0.2) is 47.9 Å². The Kier molecular flexibility index (Phi) is 5.97. The average molecular weight is 241 g/mol. The molecule has 5 heteroatoms. The second-order valence-corrected chi connectivity index (χ2v) is 4.68. The van der Waals surface area contributed by atoms with Crippen molar-refractivity contribution in [2.75, 3.05) is 26.2 Å². The van der Waals surface area contributed by atoms with Crippen molar-refractivity contribution in [2.24, 2.45) is 11.1 Å². The van der Waals surface area contributed by atoms with Crippen molar-refractivity contribution in [2.45, 2.75) is 33.1 Å². The Hall–Kier alpha value is -1.10. The predicted molar refractivity (Wildman–Crippen MR) is 67.4 cm³/mol. The maximum Gasteiger partial charge on any atom is 0.234 e. The number of oxime groups is 1. The molecule has 1 fully saturated rings. The van der Waals surface area contributed by atoms with Crippen LogP contribution in [0.1, 0.15) is 33.1 Å². The zero-order valence-electron chi connectivity index (χ0n) is 10.8. The molecule has 0 aromatic rings. The SMILES string of the molecule is CCCCNC(=O)CN1CCC(=NO)C(C)C1. The van der Waals surface area contributed by atoms with E-state index in [4.69, 9.17) is 5.21 Å². The van der Waals surface area contributed by atoms with Gasteiger partial charge in [0.25, 0.3) is 0 Å². The molecule has 1 heterocycles. The fourth-order valence-electron chi connectivity index (χ4n) is 2.06. The normalized spacial score (nSPS) is 23.9. The Labute approximate surface area is 103 Å². The third-order valence-electron chi connectivity index (χ3n) is 3.13. The zero-order valence-corrected chi connectivity index (χ0v) is 10.8. The van der Waals surface area contributed by atoms with E-state index in [1.807, 2.05) is 6.92 Å². The van der Waals surface area contributed by atoms with E-state index >= 15 is 0 Å². The summed E-state index contributed by atoms with van der Waals surface area (Å²) >= 11 is 0. The van der Waals surface area contributed by atoms with Gasteiger partial charge >= 0.3 is 0 Å². The maximum atomic E-state index is 11.6. The summed E-state index contributed by atoms with van der Waals surface area (Å²) in [6.07, 6.45) is 2.88. The number of hydrogen-bond acceptors (Lipinski definition) is 4. The van der Waals surface area contributed by atoms with Crippen LogP contribution in [0.4, 0.5) is 0 Å². The van der Waals surface area contributed by atoms with Crippen LogP contribution < -0.4 is 5.32 Å². The highest BCUT2D eigenvalue weighted by molar-refractivity contribution is 5.87. The van der Waals surface area contributed by atoms with Gasteiger partial charge in [0.2, 0.25) is 5.91 Å². The summed E-state index contributed by atoms with van der Waals surface area (Å²) in [5.41, 5.74) is 0.840. The lowest BCUT2D eigenvalue weighted by atomic mass is 9.98. The van der Waals surface area contributed by atoms with Crippen LogP contribution in [0.2, 0.25) is 0 Å². The summed E-state index contributed by atoms with van der Waals surface area (Å²) < 4.78 is 0. The second-order valence-electron chi connectivity index (χ2n) is 4.68. The van der Waals surface area contributed by atoms with E-state index in [0.29, 0.717) is 6.54 Å². The summed E-state index contributed by atoms with van der Waals surface area (Å²) in [6.45, 7) is 6.94. The summed E-state index contributed by atoms with van der Waals surface area (Å²) in [7, 11) is 0. The van der Waals surface area contributed by atoms with Gasteiger partial charge in [-0.2, -0.15) is 0 Å². The first-order chi connectivity index (χ1) is 8.17. The van der Waals surface area contributed by atoms with Crippen molar-refractivity contribution in [3.05, 3.63) is 0 Å². The second kappa shape index (κ2) is 7.27. The van der Waals surface area contributed by atoms with E-state index in [1.54, 1.807) is 0 Å². The van der Waals surface area contributed by atoms with Gasteiger partial charge in [0, 0.05) is 32.0 Å². The smallest absolute Gasteiger partial charge is 0.234 e. The van der Waals surface area contributed by atoms with Crippen molar-refractivity contribution in [3.63, 3.8) is 0 Å². The van der Waals surface area contributed by atoms with E-state index in [1.165, 1.54) is 0 Å². The lowest BCUT2D eigenvalue weighted by Gasteiger charge is -2.30. The Bertz CT molecular complexity index is 279. The lowest BCUT2D eigenvalue weighted by Crippen LogP contribution is -2.45. The van der Waals surface area contributed by atoms with Crippen molar-refractivity contribution in [3.8, 4) is 0 Å². The van der Waals surface area contributed by atoms with Crippen molar-refractivity contribution in [1.82, 2.24) is 10.2 Å². The van der Waals surface area contributed by atoms with Gasteiger partial charge < -0.3 is 10.5 Å². The van der Waals surface area contributed by atoms with Gasteiger partial charge in [0.15, 0.2) is 0 Å². The van der Waals surface area contributed by atoms with Gasteiger partial charge in [0.1, 0.15) is 0 Å². The van der Waals surface area contributed by atoms with Crippen LogP contribution >= 0.6 is 0 Å². The van der Waals surface area contributed by atoms with Gasteiger partial charge in [-0.25, -0.2) is 0 Å². The number of carbonyl (C=O) groups excluding carboxylic acids is 1. The van der Waals surface area contributed by atoms with Crippen molar-refractivity contribution >= 4 is 11.6 Å². The van der Waals surface area contributed by atoms with Gasteiger partial charge in [-0.3, -0.25) is 9.69 Å². The van der Waals surface area contributed by atoms with Crippen LogP contribution in [-0.2, 0) is 4.79 Å². The summed E-state index contributed by atoms with van der Waals surface area (Å²) in [5, 5.41) is 15.0. The van der Waals surface area contributed by atoms with E-state index in [0.717, 1.165) is 44.6 Å². The number of nitrogens with one attached hydrogen (secondary N) is 1. The highest BCUT2D eigenvalue weighted by atomic mass is 16.4. The molecule has 0 aromatic heterocycles. The predicted octanol–water partition coefficient (Wildman–Crippen LogP) is 1.07. The molecule has 1 aliphatic rings. The molecule has 1 unspecified atom stereocenters. The molecule has 0 aliphatic carbocycles. The third-order valence-corrected chi connectivity index (χ3v) is 3.13. The number of rotatable bonds is 5. The maximum absolute atomic E-state index is 11.6. The van der Waals surface area contributed by atoms with E-state index in [9.17, 15) is 4.79 Å². The van der Waals surface area contributed by atoms with E-state index in [2.05, 4.69) is 22.3 Å². The molecule has 1 amide bonds. The van der Waals surface area contributed by atoms with Gasteiger partial charge in [-0.05, 0) is 6.42 Å². The first-order valence-corrected chi connectivity index (χ1v) is 6.37. The number of amides is 1. The summed E-state index contributed by atoms with van der Waals surface area (Å²) in [5.74, 6) is 0.326. The minimum atomic E-state index is 0.0926. The van der Waals surface area contributed by atoms with Gasteiger partial charge in [0.05, 0.1) is 12.3 Å². The first kappa shape index (κ1) is 14.0. The molecule has 2 N–H and O–H groups in total. The van der Waals surface area contributed by atoms with E-state index in [-0.39, 0.29) is 11.8 Å². The number of unbranched alkanes of at least 4 members (excludes halogenated alkanes) is 1. The molecule has 0 bridgehead atoms. The highest BCUT2D eigenvalue weighted by Gasteiger charge is 2.23. The Morgan fingerprint density at radius 1 is 1.65 bits per heavy atom. The highest BCUT2D eigenvalue weighted by Crippen LogP contribution is 2.13. The summed E-state index contributed by atoms with van der Waals surface area (Å²) in [6, 6.07) is 0. The third kappa shape index (κ3) is 4.73. The molecule has 1 atom stereocenters. The molecular weight excluding hydrogens is 218 g/mol. The minimum absolute atomic E-state index is 0.0926. The number of hydrogen-bond donors (Lipinski definition) is 2. The molecule has 0 spiro atoms. The average Bonchev–Trinajstić information content (AvgIpc) is 2.29. The molecule has 0 saturated carbocycles. The Balaban J connectivity index is 2.26. The van der Waals surface area contributed by atoms with Crippen LogP contribution in [0.3, 0.4) is 0 Å². The largest absolute Gasteiger partial charge is 0.411 e. The van der Waals surface area contributed by atoms with Crippen molar-refractivity contribution < 1.29 is 10.0 Å². The molecule has 0 radical (unpaired) electrons. The van der Waals surface area contributed by atoms with Crippen LogP contribution in [0.5, 0.6) is 0 Å². The molecule has 5 nitrogen and oxygen atoms in total. The van der Waals surface area contributed by atoms with Crippen LogP contribution in [0.15, 0.2) is 5.16 Å². The van der Waals surface area contributed by atoms with Gasteiger partial charge in [-0.1, -0.05) is 25.4 Å². The molecule has 1 aliphatic heterocycles. The molecule has 0 aromatic carbocycles. The van der Waals surface area contributed by atoms with Crippen LogP contribution in [0, 0.1) is 5.92 Å². The van der Waals surface area contributed by atoms with Gasteiger partial charge in [-0.15, -0.1) is 0 Å². The standard InChI is InChI=1S/C12H23N3O2/c1-3-4-6-13-12(16)9-15-7-5-11(14-17)10(2)8-15/h10,17H,3-9H2,1-2H3,(H,13,16). The molecule has 1 rings (SSSR count). The fraction of sp³-hybridized carbons (Fsp3) is 0.833. The van der Waals surface area contributed by atoms with E-state index < -0.39 is 0 Å². The number of carbonyl (C=O) groups is 1. The first-order valence-electron chi connectivity index (χ1n) is 6.37. The quantitative estimate of drug-likeness (QED) is 0.430. The number of nitrogens with zero attached hydrogens (tertiary/aromatic N) is 2. The fourth-order valence-corrected chi connectivity index (χ4v) is 2.06. The Morgan fingerprint density at radius 3 is 3.00 bits per heavy atom. The van der Waals surface area contributed by atoms with Crippen molar-refractivity contribution in [1.29, 1.82) is 0 Å². The lowest BCUT2D eigenvalue weighted by molar-refractivity contribution is -0.122. The topological polar surface area (TPSA) is 64.9 Å². The monoisotopic (exact) mass is 241 g/mol. The number of likely N-dealkylation sites (tertiary alicyclic amines) is 1. The molecular formula is C12H23N3O2. The summed E-state index contributed by atoms with van der Waals surface area (Å²) in [4.78, 5) is 13.7.